The van der Waals surface area contributed by atoms with Gasteiger partial charge < -0.3 is 15.7 Å². The number of urea groups is 1. The maximum absolute atomic E-state index is 13.4. The molecule has 2 amide bonds. The zero-order valence-corrected chi connectivity index (χ0v) is 11.1. The summed E-state index contributed by atoms with van der Waals surface area (Å²) in [6, 6.07) is 8.91. The molecule has 3 N–H and O–H groups in total. The second-order valence-electron chi connectivity index (χ2n) is 4.30. The van der Waals surface area contributed by atoms with E-state index < -0.39 is 17.7 Å². The van der Waals surface area contributed by atoms with Gasteiger partial charge in [-0.25, -0.2) is 13.6 Å². The van der Waals surface area contributed by atoms with Crippen molar-refractivity contribution in [3.05, 3.63) is 54.1 Å². The number of rotatable bonds is 4. The van der Waals surface area contributed by atoms with Gasteiger partial charge in [-0.2, -0.15) is 0 Å². The number of anilines is 1. The molecule has 0 aliphatic carbocycles. The van der Waals surface area contributed by atoms with Crippen LogP contribution in [-0.2, 0) is 0 Å². The molecule has 0 saturated heterocycles. The first-order valence-corrected chi connectivity index (χ1v) is 6.31. The third-order valence-corrected chi connectivity index (χ3v) is 2.78. The van der Waals surface area contributed by atoms with Crippen molar-refractivity contribution in [2.45, 2.75) is 0 Å². The Bertz CT molecular complexity index is 630. The van der Waals surface area contributed by atoms with E-state index in [0.29, 0.717) is 16.8 Å². The molecule has 0 spiro atoms. The Morgan fingerprint density at radius 2 is 1.71 bits per heavy atom. The molecule has 0 saturated carbocycles. The first-order valence-electron chi connectivity index (χ1n) is 6.31. The van der Waals surface area contributed by atoms with Crippen molar-refractivity contribution >= 4 is 11.7 Å². The van der Waals surface area contributed by atoms with Crippen LogP contribution < -0.4 is 10.6 Å². The van der Waals surface area contributed by atoms with E-state index in [0.717, 1.165) is 0 Å². The van der Waals surface area contributed by atoms with Gasteiger partial charge in [0.1, 0.15) is 11.6 Å². The fourth-order valence-electron chi connectivity index (χ4n) is 1.83. The first kappa shape index (κ1) is 14.9. The topological polar surface area (TPSA) is 61.4 Å². The number of hydrogen-bond donors (Lipinski definition) is 3. The number of amides is 2. The second kappa shape index (κ2) is 6.81. The van der Waals surface area contributed by atoms with Crippen LogP contribution in [0.4, 0.5) is 19.3 Å². The minimum atomic E-state index is -0.515. The van der Waals surface area contributed by atoms with E-state index >= 15 is 0 Å². The number of benzene rings is 2. The fourth-order valence-corrected chi connectivity index (χ4v) is 1.83. The van der Waals surface area contributed by atoms with Crippen LogP contribution in [0.15, 0.2) is 42.5 Å². The molecule has 0 aromatic heterocycles. The molecule has 2 aromatic rings. The van der Waals surface area contributed by atoms with E-state index in [2.05, 4.69) is 10.6 Å². The zero-order valence-electron chi connectivity index (χ0n) is 11.1. The quantitative estimate of drug-likeness (QED) is 0.811. The molecule has 0 atom stereocenters. The average Bonchev–Trinajstić information content (AvgIpc) is 2.48. The lowest BCUT2D eigenvalue weighted by Gasteiger charge is -2.12. The molecular formula is C15H14F2N2O2. The van der Waals surface area contributed by atoms with Gasteiger partial charge in [0, 0.05) is 12.1 Å². The number of nitrogens with one attached hydrogen (secondary N) is 2. The van der Waals surface area contributed by atoms with Crippen molar-refractivity contribution < 1.29 is 18.7 Å². The predicted molar refractivity (Wildman–Crippen MR) is 75.9 cm³/mol. The van der Waals surface area contributed by atoms with Crippen LogP contribution in [0.1, 0.15) is 0 Å². The van der Waals surface area contributed by atoms with E-state index in [4.69, 9.17) is 5.11 Å². The highest BCUT2D eigenvalue weighted by molar-refractivity contribution is 5.94. The number of halogens is 2. The van der Waals surface area contributed by atoms with Crippen LogP contribution in [0, 0.1) is 11.6 Å². The summed E-state index contributed by atoms with van der Waals surface area (Å²) in [6.45, 7) is -0.0689. The smallest absolute Gasteiger partial charge is 0.319 e. The molecule has 0 aliphatic rings. The van der Waals surface area contributed by atoms with E-state index in [-0.39, 0.29) is 13.2 Å². The third-order valence-electron chi connectivity index (χ3n) is 2.78. The molecule has 0 aliphatic heterocycles. The van der Waals surface area contributed by atoms with Crippen LogP contribution in [0.2, 0.25) is 0 Å². The zero-order chi connectivity index (χ0) is 15.2. The Morgan fingerprint density at radius 3 is 2.38 bits per heavy atom. The van der Waals surface area contributed by atoms with Gasteiger partial charge in [0.2, 0.25) is 0 Å². The number of hydrogen-bond acceptors (Lipinski definition) is 2. The molecule has 0 fully saturated rings. The van der Waals surface area contributed by atoms with Gasteiger partial charge in [-0.05, 0) is 35.9 Å². The third kappa shape index (κ3) is 4.00. The highest BCUT2D eigenvalue weighted by Gasteiger charge is 2.10. The molecule has 2 rings (SSSR count). The fraction of sp³-hybridized carbons (Fsp3) is 0.133. The van der Waals surface area contributed by atoms with Crippen LogP contribution in [0.25, 0.3) is 11.1 Å². The molecule has 0 bridgehead atoms. The number of aliphatic hydroxyl groups excluding tert-OH is 1. The average molecular weight is 292 g/mol. The summed E-state index contributed by atoms with van der Waals surface area (Å²) in [7, 11) is 0. The molecule has 4 nitrogen and oxygen atoms in total. The molecule has 2 aromatic carbocycles. The molecule has 6 heteroatoms. The Hall–Kier alpha value is -2.47. The van der Waals surface area contributed by atoms with Gasteiger partial charge in [-0.1, -0.05) is 12.1 Å². The van der Waals surface area contributed by atoms with E-state index in [1.807, 2.05) is 0 Å². The summed E-state index contributed by atoms with van der Waals surface area (Å²) in [4.78, 5) is 11.6. The lowest BCUT2D eigenvalue weighted by Crippen LogP contribution is -2.31. The van der Waals surface area contributed by atoms with Gasteiger partial charge in [0.15, 0.2) is 0 Å². The van der Waals surface area contributed by atoms with Gasteiger partial charge in [0.25, 0.3) is 0 Å². The van der Waals surface area contributed by atoms with Crippen molar-refractivity contribution in [1.82, 2.24) is 5.32 Å². The lowest BCUT2D eigenvalue weighted by molar-refractivity contribution is 0.245. The summed E-state index contributed by atoms with van der Waals surface area (Å²) in [5.74, 6) is -0.860. The standard InChI is InChI=1S/C15H14F2N2O2/c16-11-3-1-10(2-4-11)13-9-12(17)5-6-14(13)19-15(21)18-7-8-20/h1-6,9,20H,7-8H2,(H2,18,19,21). The largest absolute Gasteiger partial charge is 0.395 e. The molecule has 110 valence electrons. The van der Waals surface area contributed by atoms with Gasteiger partial charge in [-0.15, -0.1) is 0 Å². The minimum absolute atomic E-state index is 0.110. The van der Waals surface area contributed by atoms with Gasteiger partial charge >= 0.3 is 6.03 Å². The predicted octanol–water partition coefficient (Wildman–Crippen LogP) is 2.75. The maximum Gasteiger partial charge on any atom is 0.319 e. The molecular weight excluding hydrogens is 278 g/mol. The van der Waals surface area contributed by atoms with Crippen molar-refractivity contribution in [2.24, 2.45) is 0 Å². The van der Waals surface area contributed by atoms with Gasteiger partial charge in [-0.3, -0.25) is 0 Å². The summed E-state index contributed by atoms with van der Waals surface area (Å²) < 4.78 is 26.4. The normalized spacial score (nSPS) is 10.2. The lowest BCUT2D eigenvalue weighted by atomic mass is 10.0. The molecule has 0 radical (unpaired) electrons. The first-order chi connectivity index (χ1) is 10.1. The number of carbonyl (C=O) groups is 1. The van der Waals surface area contributed by atoms with E-state index in [1.54, 1.807) is 0 Å². The van der Waals surface area contributed by atoms with Crippen molar-refractivity contribution in [3.8, 4) is 11.1 Å². The SMILES string of the molecule is O=C(NCCO)Nc1ccc(F)cc1-c1ccc(F)cc1. The second-order valence-corrected chi connectivity index (χ2v) is 4.30. The van der Waals surface area contributed by atoms with Crippen LogP contribution in [-0.4, -0.2) is 24.3 Å². The molecule has 0 heterocycles. The highest BCUT2D eigenvalue weighted by atomic mass is 19.1. The number of carbonyl (C=O) groups excluding carboxylic acids is 1. The molecule has 21 heavy (non-hydrogen) atoms. The van der Waals surface area contributed by atoms with Crippen molar-refractivity contribution in [3.63, 3.8) is 0 Å². The minimum Gasteiger partial charge on any atom is -0.395 e. The Balaban J connectivity index is 2.29. The van der Waals surface area contributed by atoms with Crippen LogP contribution in [0.3, 0.4) is 0 Å². The van der Waals surface area contributed by atoms with Crippen molar-refractivity contribution in [1.29, 1.82) is 0 Å². The maximum atomic E-state index is 13.4. The number of aliphatic hydroxyl groups is 1. The van der Waals surface area contributed by atoms with Crippen LogP contribution in [0.5, 0.6) is 0 Å². The Morgan fingerprint density at radius 1 is 1.05 bits per heavy atom. The summed E-state index contributed by atoms with van der Waals surface area (Å²) in [5.41, 5.74) is 1.40. The summed E-state index contributed by atoms with van der Waals surface area (Å²) in [5, 5.41) is 13.6. The van der Waals surface area contributed by atoms with Crippen molar-refractivity contribution in [2.75, 3.05) is 18.5 Å². The Labute approximate surface area is 120 Å². The summed E-state index contributed by atoms with van der Waals surface area (Å²) >= 11 is 0. The molecule has 0 unspecified atom stereocenters. The highest BCUT2D eigenvalue weighted by Crippen LogP contribution is 2.29. The van der Waals surface area contributed by atoms with Crippen LogP contribution >= 0.6 is 0 Å². The van der Waals surface area contributed by atoms with Gasteiger partial charge in [0.05, 0.1) is 12.3 Å². The Kier molecular flexibility index (Phi) is 4.84. The van der Waals surface area contributed by atoms with E-state index in [9.17, 15) is 13.6 Å². The van der Waals surface area contributed by atoms with E-state index in [1.165, 1.54) is 42.5 Å². The monoisotopic (exact) mass is 292 g/mol. The summed E-state index contributed by atoms with van der Waals surface area (Å²) in [6.07, 6.45) is 0.